The summed E-state index contributed by atoms with van der Waals surface area (Å²) in [6.45, 7) is 3.29. The lowest BCUT2D eigenvalue weighted by molar-refractivity contribution is 0.643. The van der Waals surface area contributed by atoms with Crippen LogP contribution in [0.4, 0.5) is 0 Å². The molecule has 1 fully saturated rings. The first-order valence-electron chi connectivity index (χ1n) is 6.08. The van der Waals surface area contributed by atoms with Crippen LogP contribution in [-0.2, 0) is 6.42 Å². The number of nitrogens with one attached hydrogen (secondary N) is 1. The number of fused-ring (bicyclic) bond motifs is 1. The lowest BCUT2D eigenvalue weighted by Gasteiger charge is -2.11. The SMILES string of the molecule is CCc1ncc2ccc(C3CCCN3)cn12. The average Bonchev–Trinajstić information content (AvgIpc) is 2.97. The first-order chi connectivity index (χ1) is 7.88. The van der Waals surface area contributed by atoms with Crippen LogP contribution in [0.3, 0.4) is 0 Å². The van der Waals surface area contributed by atoms with Gasteiger partial charge in [-0.25, -0.2) is 4.98 Å². The molecule has 0 amide bonds. The number of imidazole rings is 1. The molecule has 0 saturated carbocycles. The van der Waals surface area contributed by atoms with Gasteiger partial charge in [-0.05, 0) is 31.0 Å². The molecule has 0 aliphatic carbocycles. The third-order valence-corrected chi connectivity index (χ3v) is 3.41. The van der Waals surface area contributed by atoms with Crippen LogP contribution in [0.2, 0.25) is 0 Å². The molecule has 1 atom stereocenters. The highest BCUT2D eigenvalue weighted by atomic mass is 15.0. The largest absolute Gasteiger partial charge is 0.310 e. The first kappa shape index (κ1) is 9.85. The number of rotatable bonds is 2. The maximum atomic E-state index is 4.42. The van der Waals surface area contributed by atoms with Crippen LogP contribution in [0.1, 0.15) is 37.2 Å². The van der Waals surface area contributed by atoms with Crippen molar-refractivity contribution in [1.82, 2.24) is 14.7 Å². The fourth-order valence-corrected chi connectivity index (χ4v) is 2.50. The summed E-state index contributed by atoms with van der Waals surface area (Å²) in [4.78, 5) is 4.42. The van der Waals surface area contributed by atoms with Crippen LogP contribution < -0.4 is 5.32 Å². The van der Waals surface area contributed by atoms with E-state index in [1.807, 2.05) is 6.20 Å². The normalized spacial score (nSPS) is 20.7. The molecular weight excluding hydrogens is 198 g/mol. The Morgan fingerprint density at radius 3 is 3.19 bits per heavy atom. The zero-order chi connectivity index (χ0) is 11.0. The zero-order valence-electron chi connectivity index (χ0n) is 9.61. The molecule has 3 rings (SSSR count). The van der Waals surface area contributed by atoms with E-state index in [1.165, 1.54) is 23.9 Å². The van der Waals surface area contributed by atoms with Crippen LogP contribution in [0.25, 0.3) is 5.52 Å². The van der Waals surface area contributed by atoms with Gasteiger partial charge < -0.3 is 9.72 Å². The van der Waals surface area contributed by atoms with Gasteiger partial charge in [0.15, 0.2) is 0 Å². The molecule has 0 radical (unpaired) electrons. The van der Waals surface area contributed by atoms with Gasteiger partial charge in [0, 0.05) is 18.7 Å². The lowest BCUT2D eigenvalue weighted by atomic mass is 10.1. The molecule has 1 aliphatic rings. The van der Waals surface area contributed by atoms with E-state index in [-0.39, 0.29) is 0 Å². The minimum atomic E-state index is 0.538. The van der Waals surface area contributed by atoms with Gasteiger partial charge in [-0.3, -0.25) is 0 Å². The summed E-state index contributed by atoms with van der Waals surface area (Å²) in [5, 5.41) is 3.53. The van der Waals surface area contributed by atoms with Crippen molar-refractivity contribution in [2.24, 2.45) is 0 Å². The van der Waals surface area contributed by atoms with E-state index < -0.39 is 0 Å². The van der Waals surface area contributed by atoms with Crippen molar-refractivity contribution in [3.05, 3.63) is 35.9 Å². The summed E-state index contributed by atoms with van der Waals surface area (Å²) < 4.78 is 2.22. The van der Waals surface area contributed by atoms with Gasteiger partial charge in [-0.2, -0.15) is 0 Å². The molecule has 3 heterocycles. The number of aryl methyl sites for hydroxylation is 1. The van der Waals surface area contributed by atoms with E-state index in [2.05, 4.69) is 40.0 Å². The van der Waals surface area contributed by atoms with E-state index in [4.69, 9.17) is 0 Å². The molecule has 1 N–H and O–H groups in total. The predicted octanol–water partition coefficient (Wildman–Crippen LogP) is 2.32. The van der Waals surface area contributed by atoms with Crippen molar-refractivity contribution in [2.75, 3.05) is 6.54 Å². The molecule has 3 nitrogen and oxygen atoms in total. The molecule has 2 aromatic heterocycles. The Morgan fingerprint density at radius 2 is 2.44 bits per heavy atom. The van der Waals surface area contributed by atoms with E-state index in [9.17, 15) is 0 Å². The second kappa shape index (κ2) is 3.91. The van der Waals surface area contributed by atoms with Gasteiger partial charge in [0.1, 0.15) is 5.82 Å². The van der Waals surface area contributed by atoms with Gasteiger partial charge in [-0.1, -0.05) is 13.0 Å². The standard InChI is InChI=1S/C13H17N3/c1-2-13-15-8-11-6-5-10(9-16(11)13)12-4-3-7-14-12/h5-6,8-9,12,14H,2-4,7H2,1H3. The minimum absolute atomic E-state index is 0.538. The third-order valence-electron chi connectivity index (χ3n) is 3.41. The van der Waals surface area contributed by atoms with Crippen molar-refractivity contribution in [1.29, 1.82) is 0 Å². The zero-order valence-corrected chi connectivity index (χ0v) is 9.61. The fourth-order valence-electron chi connectivity index (χ4n) is 2.50. The Bertz CT molecular complexity index is 495. The summed E-state index contributed by atoms with van der Waals surface area (Å²) in [6, 6.07) is 4.93. The summed E-state index contributed by atoms with van der Waals surface area (Å²) in [7, 11) is 0. The molecule has 3 heteroatoms. The second-order valence-corrected chi connectivity index (χ2v) is 4.43. The Balaban J connectivity index is 2.06. The van der Waals surface area contributed by atoms with Gasteiger partial charge in [0.05, 0.1) is 11.7 Å². The number of hydrogen-bond acceptors (Lipinski definition) is 2. The Kier molecular flexibility index (Phi) is 2.40. The van der Waals surface area contributed by atoms with Gasteiger partial charge in [-0.15, -0.1) is 0 Å². The van der Waals surface area contributed by atoms with Gasteiger partial charge in [0.25, 0.3) is 0 Å². The summed E-state index contributed by atoms with van der Waals surface area (Å²) in [5.74, 6) is 1.15. The predicted molar refractivity (Wildman–Crippen MR) is 64.5 cm³/mol. The fraction of sp³-hybridized carbons (Fsp3) is 0.462. The number of aromatic nitrogens is 2. The van der Waals surface area contributed by atoms with E-state index >= 15 is 0 Å². The molecule has 84 valence electrons. The Hall–Kier alpha value is -1.35. The molecule has 0 bridgehead atoms. The Morgan fingerprint density at radius 1 is 1.50 bits per heavy atom. The molecule has 0 aromatic carbocycles. The maximum Gasteiger partial charge on any atom is 0.112 e. The highest BCUT2D eigenvalue weighted by molar-refractivity contribution is 5.47. The van der Waals surface area contributed by atoms with Crippen molar-refractivity contribution in [3.8, 4) is 0 Å². The van der Waals surface area contributed by atoms with Gasteiger partial charge in [0.2, 0.25) is 0 Å². The van der Waals surface area contributed by atoms with Crippen LogP contribution in [-0.4, -0.2) is 15.9 Å². The number of pyridine rings is 1. The Labute approximate surface area is 95.5 Å². The van der Waals surface area contributed by atoms with Crippen molar-refractivity contribution < 1.29 is 0 Å². The van der Waals surface area contributed by atoms with Crippen molar-refractivity contribution in [2.45, 2.75) is 32.2 Å². The molecule has 1 aliphatic heterocycles. The van der Waals surface area contributed by atoms with Crippen LogP contribution >= 0.6 is 0 Å². The van der Waals surface area contributed by atoms with Crippen LogP contribution in [0.5, 0.6) is 0 Å². The molecule has 1 unspecified atom stereocenters. The summed E-state index contributed by atoms with van der Waals surface area (Å²) in [6.07, 6.45) is 7.71. The van der Waals surface area contributed by atoms with Crippen molar-refractivity contribution >= 4 is 5.52 Å². The first-order valence-corrected chi connectivity index (χ1v) is 6.08. The minimum Gasteiger partial charge on any atom is -0.310 e. The van der Waals surface area contributed by atoms with Crippen molar-refractivity contribution in [3.63, 3.8) is 0 Å². The van der Waals surface area contributed by atoms with Crippen LogP contribution in [0.15, 0.2) is 24.5 Å². The smallest absolute Gasteiger partial charge is 0.112 e. The molecule has 2 aromatic rings. The van der Waals surface area contributed by atoms with E-state index in [0.29, 0.717) is 6.04 Å². The highest BCUT2D eigenvalue weighted by Gasteiger charge is 2.16. The third kappa shape index (κ3) is 1.52. The summed E-state index contributed by atoms with van der Waals surface area (Å²) in [5.41, 5.74) is 2.58. The lowest BCUT2D eigenvalue weighted by Crippen LogP contribution is -2.13. The number of nitrogens with zero attached hydrogens (tertiary/aromatic N) is 2. The average molecular weight is 215 g/mol. The molecule has 16 heavy (non-hydrogen) atoms. The highest BCUT2D eigenvalue weighted by Crippen LogP contribution is 2.23. The maximum absolute atomic E-state index is 4.42. The summed E-state index contributed by atoms with van der Waals surface area (Å²) >= 11 is 0. The number of hydrogen-bond donors (Lipinski definition) is 1. The molecule has 1 saturated heterocycles. The van der Waals surface area contributed by atoms with Gasteiger partial charge >= 0.3 is 0 Å². The van der Waals surface area contributed by atoms with E-state index in [1.54, 1.807) is 0 Å². The van der Waals surface area contributed by atoms with Crippen LogP contribution in [0, 0.1) is 0 Å². The molecule has 0 spiro atoms. The quantitative estimate of drug-likeness (QED) is 0.833. The van der Waals surface area contributed by atoms with E-state index in [0.717, 1.165) is 18.8 Å². The topological polar surface area (TPSA) is 29.3 Å². The monoisotopic (exact) mass is 215 g/mol. The second-order valence-electron chi connectivity index (χ2n) is 4.43. The molecular formula is C13H17N3.